The van der Waals surface area contributed by atoms with Crippen LogP contribution in [0.25, 0.3) is 0 Å². The summed E-state index contributed by atoms with van der Waals surface area (Å²) in [6.45, 7) is -0.155. The number of fused-ring (bicyclic) bond motifs is 1. The number of imidazole rings is 1. The zero-order chi connectivity index (χ0) is 15.7. The molecule has 1 N–H and O–H groups in total. The number of hydrogen-bond acceptors (Lipinski definition) is 3. The molecule has 7 heteroatoms. The van der Waals surface area contributed by atoms with Crippen LogP contribution in [0.4, 0.5) is 20.2 Å². The van der Waals surface area contributed by atoms with Crippen molar-refractivity contribution in [3.05, 3.63) is 42.5 Å². The van der Waals surface area contributed by atoms with E-state index in [2.05, 4.69) is 10.3 Å². The fraction of sp³-hybridized carbons (Fsp3) is 0.333. The third-order valence-corrected chi connectivity index (χ3v) is 3.74. The molecule has 2 aromatic rings. The van der Waals surface area contributed by atoms with Crippen LogP contribution >= 0.6 is 0 Å². The fourth-order valence-electron chi connectivity index (χ4n) is 2.59. The van der Waals surface area contributed by atoms with Crippen molar-refractivity contribution in [3.63, 3.8) is 0 Å². The monoisotopic (exact) mass is 306 g/mol. The largest absolute Gasteiger partial charge is 0.362 e. The number of halogens is 2. The van der Waals surface area contributed by atoms with Crippen molar-refractivity contribution in [2.75, 3.05) is 16.8 Å². The fourth-order valence-corrected chi connectivity index (χ4v) is 2.59. The summed E-state index contributed by atoms with van der Waals surface area (Å²) in [4.78, 5) is 17.9. The standard InChI is InChI=1S/C15H16F2N4O/c1-10-8-20(9-13-18-6-7-21(13)15(16)17)12-5-3-2-4-11(12)19-14(10)22/h2-7,10,15H,8-9H2,1H3,(H,19,22). The van der Waals surface area contributed by atoms with Gasteiger partial charge in [0.2, 0.25) is 5.91 Å². The second-order valence-corrected chi connectivity index (χ2v) is 5.32. The maximum atomic E-state index is 13.0. The van der Waals surface area contributed by atoms with Crippen molar-refractivity contribution in [1.29, 1.82) is 0 Å². The first-order valence-electron chi connectivity index (χ1n) is 7.01. The Morgan fingerprint density at radius 3 is 2.95 bits per heavy atom. The summed E-state index contributed by atoms with van der Waals surface area (Å²) in [6.07, 6.45) is 2.62. The maximum absolute atomic E-state index is 13.0. The Balaban J connectivity index is 1.95. The van der Waals surface area contributed by atoms with E-state index < -0.39 is 6.55 Å². The Kier molecular flexibility index (Phi) is 3.79. The maximum Gasteiger partial charge on any atom is 0.319 e. The van der Waals surface area contributed by atoms with Gasteiger partial charge >= 0.3 is 6.55 Å². The van der Waals surface area contributed by atoms with Crippen LogP contribution in [0.2, 0.25) is 0 Å². The van der Waals surface area contributed by atoms with Crippen molar-refractivity contribution < 1.29 is 13.6 Å². The Labute approximate surface area is 126 Å². The molecule has 0 fully saturated rings. The van der Waals surface area contributed by atoms with E-state index in [1.807, 2.05) is 30.0 Å². The van der Waals surface area contributed by atoms with Crippen LogP contribution in [-0.4, -0.2) is 22.0 Å². The topological polar surface area (TPSA) is 50.2 Å². The third-order valence-electron chi connectivity index (χ3n) is 3.74. The molecule has 0 aliphatic carbocycles. The summed E-state index contributed by atoms with van der Waals surface area (Å²) in [5.41, 5.74) is 1.50. The first-order chi connectivity index (χ1) is 10.6. The van der Waals surface area contributed by atoms with E-state index in [0.717, 1.165) is 10.3 Å². The highest BCUT2D eigenvalue weighted by molar-refractivity contribution is 5.97. The number of alkyl halides is 2. The molecule has 0 saturated heterocycles. The predicted molar refractivity (Wildman–Crippen MR) is 78.8 cm³/mol. The second-order valence-electron chi connectivity index (χ2n) is 5.32. The molecule has 22 heavy (non-hydrogen) atoms. The normalized spacial score (nSPS) is 18.1. The van der Waals surface area contributed by atoms with Gasteiger partial charge in [0.25, 0.3) is 0 Å². The molecule has 0 bridgehead atoms. The van der Waals surface area contributed by atoms with Gasteiger partial charge in [0.15, 0.2) is 0 Å². The average Bonchev–Trinajstić information content (AvgIpc) is 2.91. The van der Waals surface area contributed by atoms with Gasteiger partial charge in [-0.2, -0.15) is 8.78 Å². The number of aromatic nitrogens is 2. The number of anilines is 2. The number of carbonyl (C=O) groups excluding carboxylic acids is 1. The minimum atomic E-state index is -2.63. The zero-order valence-electron chi connectivity index (χ0n) is 12.0. The number of hydrogen-bond donors (Lipinski definition) is 1. The lowest BCUT2D eigenvalue weighted by molar-refractivity contribution is -0.119. The molecule has 116 valence electrons. The Morgan fingerprint density at radius 2 is 2.18 bits per heavy atom. The van der Waals surface area contributed by atoms with Gasteiger partial charge < -0.3 is 10.2 Å². The van der Waals surface area contributed by atoms with E-state index in [0.29, 0.717) is 12.2 Å². The number of nitrogens with one attached hydrogen (secondary N) is 1. The lowest BCUT2D eigenvalue weighted by atomic mass is 10.1. The predicted octanol–water partition coefficient (Wildman–Crippen LogP) is 2.87. The highest BCUT2D eigenvalue weighted by Crippen LogP contribution is 2.31. The van der Waals surface area contributed by atoms with Gasteiger partial charge in [0.05, 0.1) is 23.8 Å². The van der Waals surface area contributed by atoms with Crippen molar-refractivity contribution >= 4 is 17.3 Å². The van der Waals surface area contributed by atoms with Crippen LogP contribution in [0.1, 0.15) is 19.3 Å². The van der Waals surface area contributed by atoms with Gasteiger partial charge in [0.1, 0.15) is 5.82 Å². The summed E-state index contributed by atoms with van der Waals surface area (Å²) in [5, 5.41) is 2.86. The first-order valence-corrected chi connectivity index (χ1v) is 7.01. The molecule has 1 aromatic heterocycles. The molecule has 1 unspecified atom stereocenters. The highest BCUT2D eigenvalue weighted by atomic mass is 19.3. The van der Waals surface area contributed by atoms with E-state index in [1.54, 1.807) is 6.07 Å². The lowest BCUT2D eigenvalue weighted by Crippen LogP contribution is -2.31. The van der Waals surface area contributed by atoms with Crippen LogP contribution in [0.15, 0.2) is 36.7 Å². The molecule has 1 aliphatic heterocycles. The van der Waals surface area contributed by atoms with Crippen molar-refractivity contribution in [2.45, 2.75) is 20.0 Å². The zero-order valence-corrected chi connectivity index (χ0v) is 12.0. The number of nitrogens with zero attached hydrogens (tertiary/aromatic N) is 3. The van der Waals surface area contributed by atoms with Gasteiger partial charge in [-0.25, -0.2) is 4.98 Å². The average molecular weight is 306 g/mol. The quantitative estimate of drug-likeness (QED) is 0.948. The molecule has 0 saturated carbocycles. The minimum absolute atomic E-state index is 0.0767. The number of para-hydroxylation sites is 2. The van der Waals surface area contributed by atoms with E-state index in [4.69, 9.17) is 0 Å². The summed E-state index contributed by atoms with van der Waals surface area (Å²) < 4.78 is 26.8. The van der Waals surface area contributed by atoms with Crippen LogP contribution in [0, 0.1) is 5.92 Å². The summed E-state index contributed by atoms with van der Waals surface area (Å²) in [6, 6.07) is 7.35. The Hall–Kier alpha value is -2.44. The summed E-state index contributed by atoms with van der Waals surface area (Å²) in [7, 11) is 0. The van der Waals surface area contributed by atoms with Crippen LogP contribution in [0.3, 0.4) is 0 Å². The van der Waals surface area contributed by atoms with Gasteiger partial charge in [-0.15, -0.1) is 0 Å². The Morgan fingerprint density at radius 1 is 1.41 bits per heavy atom. The van der Waals surface area contributed by atoms with E-state index in [9.17, 15) is 13.6 Å². The van der Waals surface area contributed by atoms with Crippen LogP contribution in [0.5, 0.6) is 0 Å². The van der Waals surface area contributed by atoms with Gasteiger partial charge in [-0.3, -0.25) is 9.36 Å². The molecule has 2 heterocycles. The second kappa shape index (κ2) is 5.75. The molecule has 0 spiro atoms. The summed E-state index contributed by atoms with van der Waals surface area (Å²) >= 11 is 0. The molecular weight excluding hydrogens is 290 g/mol. The van der Waals surface area contributed by atoms with E-state index >= 15 is 0 Å². The molecule has 1 aliphatic rings. The molecule has 5 nitrogen and oxygen atoms in total. The molecule has 1 amide bonds. The summed E-state index contributed by atoms with van der Waals surface area (Å²) in [5.74, 6) is -0.0548. The molecule has 0 radical (unpaired) electrons. The van der Waals surface area contributed by atoms with Gasteiger partial charge in [-0.1, -0.05) is 19.1 Å². The molecule has 1 atom stereocenters. The van der Waals surface area contributed by atoms with Crippen LogP contribution < -0.4 is 10.2 Å². The lowest BCUT2D eigenvalue weighted by Gasteiger charge is -2.25. The molecule has 1 aromatic carbocycles. The molecule has 3 rings (SSSR count). The number of rotatable bonds is 3. The number of benzene rings is 1. The number of carbonyl (C=O) groups is 1. The van der Waals surface area contributed by atoms with Gasteiger partial charge in [0, 0.05) is 18.9 Å². The number of amides is 1. The minimum Gasteiger partial charge on any atom is -0.362 e. The SMILES string of the molecule is CC1CN(Cc2nccn2C(F)F)c2ccccc2NC1=O. The smallest absolute Gasteiger partial charge is 0.319 e. The molecular formula is C15H16F2N4O. The third kappa shape index (κ3) is 2.66. The van der Waals surface area contributed by atoms with Gasteiger partial charge in [-0.05, 0) is 12.1 Å². The van der Waals surface area contributed by atoms with Crippen LogP contribution in [-0.2, 0) is 11.3 Å². The first kappa shape index (κ1) is 14.5. The van der Waals surface area contributed by atoms with Crippen molar-refractivity contribution in [1.82, 2.24) is 9.55 Å². The Bertz CT molecular complexity index is 686. The van der Waals surface area contributed by atoms with E-state index in [-0.39, 0.29) is 24.2 Å². The van der Waals surface area contributed by atoms with Crippen molar-refractivity contribution in [2.24, 2.45) is 5.92 Å². The highest BCUT2D eigenvalue weighted by Gasteiger charge is 2.26. The van der Waals surface area contributed by atoms with E-state index in [1.165, 1.54) is 12.4 Å². The van der Waals surface area contributed by atoms with Crippen molar-refractivity contribution in [3.8, 4) is 0 Å².